The van der Waals surface area contributed by atoms with Crippen LogP contribution in [0.1, 0.15) is 10.9 Å². The Hall–Kier alpha value is -1.09. The van der Waals surface area contributed by atoms with Crippen molar-refractivity contribution in [2.45, 2.75) is 5.38 Å². The zero-order chi connectivity index (χ0) is 10.1. The lowest BCUT2D eigenvalue weighted by Gasteiger charge is -2.26. The van der Waals surface area contributed by atoms with Gasteiger partial charge in [-0.25, -0.2) is 4.39 Å². The fourth-order valence-electron chi connectivity index (χ4n) is 1.48. The van der Waals surface area contributed by atoms with Gasteiger partial charge in [0.25, 0.3) is 0 Å². The normalized spacial score (nSPS) is 25.0. The highest BCUT2D eigenvalue weighted by Crippen LogP contribution is 2.39. The molecule has 4 heteroatoms. The Bertz CT molecular complexity index is 367. The lowest BCUT2D eigenvalue weighted by molar-refractivity contribution is -0.112. The molecule has 1 aromatic carbocycles. The topological polar surface area (TPSA) is 26.3 Å². The average Bonchev–Trinajstić information content (AvgIpc) is 2.20. The van der Waals surface area contributed by atoms with Gasteiger partial charge < -0.3 is 9.53 Å². The zero-order valence-electron chi connectivity index (χ0n) is 7.24. The molecule has 2 atom stereocenters. The number of ether oxygens (including phenoxy) is 1. The monoisotopic (exact) mass is 214 g/mol. The van der Waals surface area contributed by atoms with Gasteiger partial charge in [-0.3, -0.25) is 0 Å². The van der Waals surface area contributed by atoms with Crippen molar-refractivity contribution < 1.29 is 13.9 Å². The number of alkyl halides is 1. The van der Waals surface area contributed by atoms with Crippen LogP contribution in [0.3, 0.4) is 0 Å². The van der Waals surface area contributed by atoms with Crippen molar-refractivity contribution in [1.82, 2.24) is 0 Å². The molecule has 2 nitrogen and oxygen atoms in total. The van der Waals surface area contributed by atoms with Crippen LogP contribution >= 0.6 is 11.6 Å². The molecule has 1 aliphatic heterocycles. The van der Waals surface area contributed by atoms with E-state index in [-0.39, 0.29) is 12.4 Å². The van der Waals surface area contributed by atoms with Gasteiger partial charge in [0, 0.05) is 5.56 Å². The van der Waals surface area contributed by atoms with Crippen LogP contribution < -0.4 is 4.74 Å². The Morgan fingerprint density at radius 1 is 1.57 bits per heavy atom. The van der Waals surface area contributed by atoms with Crippen LogP contribution in [0.2, 0.25) is 0 Å². The summed E-state index contributed by atoms with van der Waals surface area (Å²) >= 11 is 6.01. The van der Waals surface area contributed by atoms with E-state index >= 15 is 0 Å². The molecule has 2 unspecified atom stereocenters. The van der Waals surface area contributed by atoms with E-state index in [1.165, 1.54) is 18.2 Å². The van der Waals surface area contributed by atoms with Gasteiger partial charge in [-0.2, -0.15) is 0 Å². The Morgan fingerprint density at radius 3 is 3.07 bits per heavy atom. The van der Waals surface area contributed by atoms with Crippen LogP contribution in [0.25, 0.3) is 0 Å². The van der Waals surface area contributed by atoms with Gasteiger partial charge >= 0.3 is 0 Å². The molecule has 1 aliphatic rings. The number of halogens is 2. The number of fused-ring (bicyclic) bond motifs is 1. The van der Waals surface area contributed by atoms with E-state index in [2.05, 4.69) is 0 Å². The number of rotatable bonds is 1. The maximum atomic E-state index is 12.9. The summed E-state index contributed by atoms with van der Waals surface area (Å²) in [4.78, 5) is 10.6. The highest BCUT2D eigenvalue weighted by Gasteiger charge is 2.29. The third-order valence-electron chi connectivity index (χ3n) is 2.25. The predicted octanol–water partition coefficient (Wildman–Crippen LogP) is 2.31. The van der Waals surface area contributed by atoms with E-state index < -0.39 is 11.3 Å². The summed E-state index contributed by atoms with van der Waals surface area (Å²) in [5.41, 5.74) is 0.551. The number of carbonyl (C=O) groups is 1. The first kappa shape index (κ1) is 9.46. The smallest absolute Gasteiger partial charge is 0.128 e. The third kappa shape index (κ3) is 1.48. The summed E-state index contributed by atoms with van der Waals surface area (Å²) in [6.45, 7) is 0.260. The van der Waals surface area contributed by atoms with Crippen LogP contribution in [-0.2, 0) is 4.79 Å². The number of hydrogen-bond donors (Lipinski definition) is 0. The predicted molar refractivity (Wildman–Crippen MR) is 50.0 cm³/mol. The van der Waals surface area contributed by atoms with Gasteiger partial charge in [0.2, 0.25) is 0 Å². The zero-order valence-corrected chi connectivity index (χ0v) is 8.00. The molecule has 74 valence electrons. The van der Waals surface area contributed by atoms with Crippen molar-refractivity contribution in [3.63, 3.8) is 0 Å². The van der Waals surface area contributed by atoms with Crippen LogP contribution in [0.5, 0.6) is 5.75 Å². The van der Waals surface area contributed by atoms with E-state index in [1.54, 1.807) is 0 Å². The summed E-state index contributed by atoms with van der Waals surface area (Å²) < 4.78 is 18.2. The second-order valence-electron chi connectivity index (χ2n) is 3.19. The molecule has 0 aliphatic carbocycles. The van der Waals surface area contributed by atoms with Gasteiger partial charge in [0.05, 0.1) is 17.9 Å². The SMILES string of the molecule is O=CC1COc2ccc(F)cc2C1Cl. The highest BCUT2D eigenvalue weighted by atomic mass is 35.5. The molecule has 0 saturated heterocycles. The third-order valence-corrected chi connectivity index (χ3v) is 2.81. The molecule has 0 saturated carbocycles. The van der Waals surface area contributed by atoms with Gasteiger partial charge in [0.15, 0.2) is 0 Å². The van der Waals surface area contributed by atoms with Gasteiger partial charge in [-0.15, -0.1) is 11.6 Å². The number of aldehydes is 1. The van der Waals surface area contributed by atoms with Gasteiger partial charge in [-0.05, 0) is 18.2 Å². The molecule has 1 aromatic rings. The van der Waals surface area contributed by atoms with Crippen molar-refractivity contribution in [2.24, 2.45) is 5.92 Å². The molecule has 2 rings (SSSR count). The lowest BCUT2D eigenvalue weighted by Crippen LogP contribution is -2.24. The van der Waals surface area contributed by atoms with Crippen molar-refractivity contribution in [1.29, 1.82) is 0 Å². The largest absolute Gasteiger partial charge is 0.492 e. The average molecular weight is 215 g/mol. The van der Waals surface area contributed by atoms with E-state index in [9.17, 15) is 9.18 Å². The van der Waals surface area contributed by atoms with E-state index in [1.807, 2.05) is 0 Å². The molecule has 1 heterocycles. The molecule has 14 heavy (non-hydrogen) atoms. The molecular formula is C10H8ClFO2. The first-order valence-electron chi connectivity index (χ1n) is 4.24. The van der Waals surface area contributed by atoms with Crippen LogP contribution in [0.4, 0.5) is 4.39 Å². The van der Waals surface area contributed by atoms with Gasteiger partial charge in [-0.1, -0.05) is 0 Å². The van der Waals surface area contributed by atoms with Crippen molar-refractivity contribution >= 4 is 17.9 Å². The van der Waals surface area contributed by atoms with Crippen molar-refractivity contribution in [3.8, 4) is 5.75 Å². The van der Waals surface area contributed by atoms with Crippen LogP contribution in [-0.4, -0.2) is 12.9 Å². The number of benzene rings is 1. The van der Waals surface area contributed by atoms with Crippen LogP contribution in [0, 0.1) is 11.7 Å². The van der Waals surface area contributed by atoms with E-state index in [0.717, 1.165) is 6.29 Å². The van der Waals surface area contributed by atoms with E-state index in [0.29, 0.717) is 11.3 Å². The second kappa shape index (κ2) is 3.58. The molecule has 0 radical (unpaired) electrons. The molecule has 0 spiro atoms. The quantitative estimate of drug-likeness (QED) is 0.530. The molecular weight excluding hydrogens is 207 g/mol. The molecule has 0 N–H and O–H groups in total. The molecule has 0 aromatic heterocycles. The Kier molecular flexibility index (Phi) is 2.42. The first-order chi connectivity index (χ1) is 6.72. The summed E-state index contributed by atoms with van der Waals surface area (Å²) in [5, 5.41) is -0.494. The van der Waals surface area contributed by atoms with E-state index in [4.69, 9.17) is 16.3 Å². The van der Waals surface area contributed by atoms with Crippen molar-refractivity contribution in [2.75, 3.05) is 6.61 Å². The Balaban J connectivity index is 2.42. The highest BCUT2D eigenvalue weighted by molar-refractivity contribution is 6.22. The summed E-state index contributed by atoms with van der Waals surface area (Å²) in [6, 6.07) is 4.15. The molecule has 0 bridgehead atoms. The Labute approximate surface area is 85.6 Å². The first-order valence-corrected chi connectivity index (χ1v) is 4.67. The van der Waals surface area contributed by atoms with Crippen LogP contribution in [0.15, 0.2) is 18.2 Å². The lowest BCUT2D eigenvalue weighted by atomic mass is 9.97. The van der Waals surface area contributed by atoms with Crippen molar-refractivity contribution in [3.05, 3.63) is 29.6 Å². The number of hydrogen-bond acceptors (Lipinski definition) is 2. The Morgan fingerprint density at radius 2 is 2.36 bits per heavy atom. The standard InChI is InChI=1S/C10H8ClFO2/c11-10-6(4-13)5-14-9-2-1-7(12)3-8(9)10/h1-4,6,10H,5H2. The fraction of sp³-hybridized carbons (Fsp3) is 0.300. The molecule has 0 fully saturated rings. The summed E-state index contributed by atoms with van der Waals surface area (Å²) in [6.07, 6.45) is 0.742. The maximum Gasteiger partial charge on any atom is 0.128 e. The molecule has 0 amide bonds. The van der Waals surface area contributed by atoms with Gasteiger partial charge in [0.1, 0.15) is 17.9 Å². The minimum atomic E-state index is -0.494. The minimum Gasteiger partial charge on any atom is -0.492 e. The summed E-state index contributed by atoms with van der Waals surface area (Å²) in [7, 11) is 0. The minimum absolute atomic E-state index is 0.260. The number of carbonyl (C=O) groups excluding carboxylic acids is 1. The maximum absolute atomic E-state index is 12.9. The summed E-state index contributed by atoms with van der Waals surface area (Å²) in [5.74, 6) is -0.208. The fourth-order valence-corrected chi connectivity index (χ4v) is 1.78. The second-order valence-corrected chi connectivity index (χ2v) is 3.67.